The molecule has 0 saturated carbocycles. The zero-order chi connectivity index (χ0) is 15.8. The lowest BCUT2D eigenvalue weighted by molar-refractivity contribution is -0.120. The van der Waals surface area contributed by atoms with E-state index in [0.717, 1.165) is 0 Å². The van der Waals surface area contributed by atoms with Crippen molar-refractivity contribution in [2.45, 2.75) is 33.7 Å². The fraction of sp³-hybridized carbons (Fsp3) is 0.692. The molecule has 21 heavy (non-hydrogen) atoms. The molecule has 0 atom stereocenters. The number of hydrogen-bond donors (Lipinski definition) is 2. The maximum absolute atomic E-state index is 11.9. The molecule has 1 aromatic heterocycles. The van der Waals surface area contributed by atoms with E-state index in [1.165, 1.54) is 0 Å². The molecule has 8 nitrogen and oxygen atoms in total. The Balaban J connectivity index is 2.93. The van der Waals surface area contributed by atoms with E-state index in [1.807, 2.05) is 27.7 Å². The summed E-state index contributed by atoms with van der Waals surface area (Å²) in [6.07, 6.45) is 0. The lowest BCUT2D eigenvalue weighted by atomic mass is 10.4. The summed E-state index contributed by atoms with van der Waals surface area (Å²) in [5.41, 5.74) is 0. The molecule has 0 aliphatic rings. The number of ether oxygens (including phenoxy) is 1. The van der Waals surface area contributed by atoms with Crippen molar-refractivity contribution in [3.8, 4) is 6.01 Å². The van der Waals surface area contributed by atoms with Crippen LogP contribution in [0, 0.1) is 0 Å². The zero-order valence-corrected chi connectivity index (χ0v) is 13.3. The summed E-state index contributed by atoms with van der Waals surface area (Å²) >= 11 is 0. The van der Waals surface area contributed by atoms with Crippen LogP contribution in [-0.4, -0.2) is 53.6 Å². The van der Waals surface area contributed by atoms with Gasteiger partial charge in [0, 0.05) is 19.6 Å². The van der Waals surface area contributed by atoms with E-state index in [-0.39, 0.29) is 24.5 Å². The van der Waals surface area contributed by atoms with Gasteiger partial charge in [-0.15, -0.1) is 0 Å². The van der Waals surface area contributed by atoms with Crippen molar-refractivity contribution in [1.29, 1.82) is 0 Å². The van der Waals surface area contributed by atoms with Gasteiger partial charge < -0.3 is 20.3 Å². The fourth-order valence-corrected chi connectivity index (χ4v) is 1.66. The van der Waals surface area contributed by atoms with Gasteiger partial charge in [0.2, 0.25) is 17.8 Å². The number of nitrogens with one attached hydrogen (secondary N) is 2. The molecule has 1 heterocycles. The Hall–Kier alpha value is -2.12. The molecule has 0 unspecified atom stereocenters. The number of hydrogen-bond acceptors (Lipinski definition) is 7. The number of amides is 1. The lowest BCUT2D eigenvalue weighted by Crippen LogP contribution is -2.40. The summed E-state index contributed by atoms with van der Waals surface area (Å²) in [4.78, 5) is 26.3. The van der Waals surface area contributed by atoms with E-state index in [1.54, 1.807) is 11.9 Å². The van der Waals surface area contributed by atoms with E-state index in [4.69, 9.17) is 4.74 Å². The van der Waals surface area contributed by atoms with Gasteiger partial charge in [-0.1, -0.05) is 0 Å². The van der Waals surface area contributed by atoms with Crippen molar-refractivity contribution in [3.63, 3.8) is 0 Å². The highest BCUT2D eigenvalue weighted by atomic mass is 16.5. The van der Waals surface area contributed by atoms with Crippen LogP contribution in [-0.2, 0) is 4.79 Å². The summed E-state index contributed by atoms with van der Waals surface area (Å²) in [6.45, 7) is 8.89. The second-order valence-electron chi connectivity index (χ2n) is 4.66. The first-order valence-electron chi connectivity index (χ1n) is 7.11. The Morgan fingerprint density at radius 2 is 2.00 bits per heavy atom. The smallest absolute Gasteiger partial charge is 0.323 e. The van der Waals surface area contributed by atoms with Crippen LogP contribution in [0.2, 0.25) is 0 Å². The number of rotatable bonds is 8. The minimum atomic E-state index is -0.0729. The number of nitrogens with zero attached hydrogens (tertiary/aromatic N) is 4. The van der Waals surface area contributed by atoms with Gasteiger partial charge in [0.15, 0.2) is 0 Å². The first-order chi connectivity index (χ1) is 9.99. The summed E-state index contributed by atoms with van der Waals surface area (Å²) in [5, 5.41) is 5.71. The Kier molecular flexibility index (Phi) is 6.64. The topological polar surface area (TPSA) is 92.3 Å². The molecular weight excluding hydrogens is 272 g/mol. The van der Waals surface area contributed by atoms with Crippen molar-refractivity contribution in [1.82, 2.24) is 20.3 Å². The van der Waals surface area contributed by atoms with E-state index in [0.29, 0.717) is 25.0 Å². The highest BCUT2D eigenvalue weighted by Crippen LogP contribution is 2.14. The van der Waals surface area contributed by atoms with E-state index < -0.39 is 0 Å². The van der Waals surface area contributed by atoms with Crippen LogP contribution in [0.3, 0.4) is 0 Å². The van der Waals surface area contributed by atoms with E-state index in [9.17, 15) is 4.79 Å². The lowest BCUT2D eigenvalue weighted by Gasteiger charge is -2.21. The number of aromatic nitrogens is 3. The first kappa shape index (κ1) is 16.9. The van der Waals surface area contributed by atoms with Crippen molar-refractivity contribution in [3.05, 3.63) is 0 Å². The van der Waals surface area contributed by atoms with Gasteiger partial charge in [0.1, 0.15) is 0 Å². The quantitative estimate of drug-likeness (QED) is 0.728. The normalized spacial score (nSPS) is 10.4. The Morgan fingerprint density at radius 1 is 1.29 bits per heavy atom. The molecule has 0 aliphatic heterocycles. The standard InChI is InChI=1S/C13H24N6O2/c1-6-19(8-10(20)15-9(3)4)12-16-11(14-5)17-13(18-12)21-7-2/h9H,6-8H2,1-5H3,(H,15,20)(H,14,16,17,18). The first-order valence-corrected chi connectivity index (χ1v) is 7.11. The molecule has 8 heteroatoms. The van der Waals surface area contributed by atoms with Gasteiger partial charge in [0.05, 0.1) is 13.2 Å². The van der Waals surface area contributed by atoms with Crippen molar-refractivity contribution >= 4 is 17.8 Å². The van der Waals surface area contributed by atoms with Crippen molar-refractivity contribution < 1.29 is 9.53 Å². The molecule has 0 saturated heterocycles. The highest BCUT2D eigenvalue weighted by molar-refractivity contribution is 5.81. The van der Waals surface area contributed by atoms with Gasteiger partial charge >= 0.3 is 6.01 Å². The third-order valence-electron chi connectivity index (χ3n) is 2.55. The molecule has 1 amide bonds. The Labute approximate surface area is 125 Å². The average molecular weight is 296 g/mol. The molecule has 0 radical (unpaired) electrons. The van der Waals surface area contributed by atoms with Crippen LogP contribution < -0.4 is 20.3 Å². The number of likely N-dealkylation sites (N-methyl/N-ethyl adjacent to an activating group) is 1. The summed E-state index contributed by atoms with van der Waals surface area (Å²) in [5.74, 6) is 0.751. The molecule has 0 bridgehead atoms. The largest absolute Gasteiger partial charge is 0.464 e. The van der Waals surface area contributed by atoms with Crippen LogP contribution in [0.4, 0.5) is 11.9 Å². The zero-order valence-electron chi connectivity index (χ0n) is 13.3. The summed E-state index contributed by atoms with van der Waals surface area (Å²) in [7, 11) is 1.72. The van der Waals surface area contributed by atoms with Crippen LogP contribution in [0.5, 0.6) is 6.01 Å². The second kappa shape index (κ2) is 8.23. The predicted octanol–water partition coefficient (Wildman–Crippen LogP) is 0.663. The van der Waals surface area contributed by atoms with Gasteiger partial charge in [-0.25, -0.2) is 0 Å². The number of anilines is 2. The third-order valence-corrected chi connectivity index (χ3v) is 2.55. The highest BCUT2D eigenvalue weighted by Gasteiger charge is 2.16. The molecule has 2 N–H and O–H groups in total. The molecule has 1 rings (SSSR count). The summed E-state index contributed by atoms with van der Waals surface area (Å²) < 4.78 is 5.32. The van der Waals surface area contributed by atoms with Crippen LogP contribution in [0.15, 0.2) is 0 Å². The molecule has 0 spiro atoms. The van der Waals surface area contributed by atoms with Gasteiger partial charge in [0.25, 0.3) is 0 Å². The molecule has 118 valence electrons. The fourth-order valence-electron chi connectivity index (χ4n) is 1.66. The maximum atomic E-state index is 11.9. The molecule has 0 fully saturated rings. The van der Waals surface area contributed by atoms with E-state index in [2.05, 4.69) is 25.6 Å². The molecular formula is C13H24N6O2. The van der Waals surface area contributed by atoms with Crippen molar-refractivity contribution in [2.75, 3.05) is 37.0 Å². The minimum absolute atomic E-state index is 0.0729. The molecule has 0 aliphatic carbocycles. The average Bonchev–Trinajstić information content (AvgIpc) is 2.43. The van der Waals surface area contributed by atoms with Gasteiger partial charge in [-0.3, -0.25) is 4.79 Å². The Bertz CT molecular complexity index is 466. The molecule has 0 aromatic carbocycles. The predicted molar refractivity (Wildman–Crippen MR) is 81.7 cm³/mol. The maximum Gasteiger partial charge on any atom is 0.323 e. The summed E-state index contributed by atoms with van der Waals surface area (Å²) in [6, 6.07) is 0.344. The number of carbonyl (C=O) groups is 1. The van der Waals surface area contributed by atoms with E-state index >= 15 is 0 Å². The van der Waals surface area contributed by atoms with Crippen molar-refractivity contribution in [2.24, 2.45) is 0 Å². The van der Waals surface area contributed by atoms with Gasteiger partial charge in [-0.05, 0) is 27.7 Å². The monoisotopic (exact) mass is 296 g/mol. The minimum Gasteiger partial charge on any atom is -0.464 e. The van der Waals surface area contributed by atoms with Gasteiger partial charge in [-0.2, -0.15) is 15.0 Å². The second-order valence-corrected chi connectivity index (χ2v) is 4.66. The van der Waals surface area contributed by atoms with Crippen LogP contribution in [0.1, 0.15) is 27.7 Å². The van der Waals surface area contributed by atoms with Crippen LogP contribution in [0.25, 0.3) is 0 Å². The number of carbonyl (C=O) groups excluding carboxylic acids is 1. The third kappa shape index (κ3) is 5.41. The Morgan fingerprint density at radius 3 is 2.52 bits per heavy atom. The molecule has 1 aromatic rings. The SMILES string of the molecule is CCOc1nc(NC)nc(N(CC)CC(=O)NC(C)C)n1. The van der Waals surface area contributed by atoms with Crippen LogP contribution >= 0.6 is 0 Å².